The van der Waals surface area contributed by atoms with Gasteiger partial charge in [0, 0.05) is 18.2 Å². The number of carbonyl (C=O) groups excluding carboxylic acids is 1. The molecule has 0 spiro atoms. The smallest absolute Gasteiger partial charge is 0.238 e. The second kappa shape index (κ2) is 6.02. The molecule has 0 aliphatic carbocycles. The van der Waals surface area contributed by atoms with Gasteiger partial charge in [0.25, 0.3) is 0 Å². The molecule has 1 heterocycles. The van der Waals surface area contributed by atoms with Crippen molar-refractivity contribution in [2.24, 2.45) is 0 Å². The number of thioether (sulfide) groups is 1. The van der Waals surface area contributed by atoms with E-state index in [1.807, 2.05) is 0 Å². The third kappa shape index (κ3) is 3.44. The van der Waals surface area contributed by atoms with E-state index in [0.29, 0.717) is 18.5 Å². The monoisotopic (exact) mass is 254 g/mol. The Balaban J connectivity index is 1.76. The van der Waals surface area contributed by atoms with Gasteiger partial charge in [-0.05, 0) is 18.1 Å². The molecule has 3 nitrogen and oxygen atoms in total. The second-order valence-electron chi connectivity index (χ2n) is 3.90. The van der Waals surface area contributed by atoms with Crippen molar-refractivity contribution in [3.05, 3.63) is 35.6 Å². The lowest BCUT2D eigenvalue weighted by atomic mass is 10.1. The molecular weight excluding hydrogens is 239 g/mol. The average molecular weight is 254 g/mol. The minimum atomic E-state index is -0.212. The van der Waals surface area contributed by atoms with E-state index in [1.54, 1.807) is 30.0 Å². The lowest BCUT2D eigenvalue weighted by Gasteiger charge is -2.10. The topological polar surface area (TPSA) is 41.1 Å². The third-order valence-electron chi connectivity index (χ3n) is 2.68. The Morgan fingerprint density at radius 3 is 3.06 bits per heavy atom. The Labute approximate surface area is 104 Å². The van der Waals surface area contributed by atoms with E-state index in [4.69, 9.17) is 0 Å². The number of benzene rings is 1. The molecule has 1 atom stereocenters. The molecule has 0 saturated carbocycles. The van der Waals surface area contributed by atoms with E-state index < -0.39 is 0 Å². The van der Waals surface area contributed by atoms with E-state index in [2.05, 4.69) is 10.6 Å². The summed E-state index contributed by atoms with van der Waals surface area (Å²) in [4.78, 5) is 11.6. The van der Waals surface area contributed by atoms with Crippen LogP contribution in [0.4, 0.5) is 4.39 Å². The molecule has 5 heteroatoms. The lowest BCUT2D eigenvalue weighted by Crippen LogP contribution is -2.42. The Morgan fingerprint density at radius 2 is 2.35 bits per heavy atom. The van der Waals surface area contributed by atoms with Crippen LogP contribution in [0.5, 0.6) is 0 Å². The summed E-state index contributed by atoms with van der Waals surface area (Å²) in [5.74, 6) is 1.43. The van der Waals surface area contributed by atoms with Gasteiger partial charge in [0.05, 0.1) is 6.04 Å². The van der Waals surface area contributed by atoms with Gasteiger partial charge in [0.15, 0.2) is 0 Å². The Hall–Kier alpha value is -1.07. The number of halogens is 1. The molecule has 1 saturated heterocycles. The van der Waals surface area contributed by atoms with Crippen LogP contribution < -0.4 is 10.6 Å². The van der Waals surface area contributed by atoms with E-state index in [0.717, 1.165) is 11.6 Å². The fraction of sp³-hybridized carbons (Fsp3) is 0.417. The molecule has 1 aromatic rings. The highest BCUT2D eigenvalue weighted by Crippen LogP contribution is 2.09. The number of nitrogens with one attached hydrogen (secondary N) is 2. The van der Waals surface area contributed by atoms with Crippen LogP contribution in [-0.4, -0.2) is 30.1 Å². The first kappa shape index (κ1) is 12.4. The SMILES string of the molecule is O=C(NCCc1ccccc1F)C1CSCN1. The molecule has 1 aliphatic heterocycles. The van der Waals surface area contributed by atoms with Crippen molar-refractivity contribution in [2.45, 2.75) is 12.5 Å². The van der Waals surface area contributed by atoms with Crippen molar-refractivity contribution >= 4 is 17.7 Å². The fourth-order valence-electron chi connectivity index (χ4n) is 1.71. The van der Waals surface area contributed by atoms with Gasteiger partial charge in [-0.3, -0.25) is 10.1 Å². The highest BCUT2D eigenvalue weighted by Gasteiger charge is 2.21. The van der Waals surface area contributed by atoms with Gasteiger partial charge in [-0.1, -0.05) is 18.2 Å². The Kier molecular flexibility index (Phi) is 4.39. The summed E-state index contributed by atoms with van der Waals surface area (Å²) < 4.78 is 13.3. The summed E-state index contributed by atoms with van der Waals surface area (Å²) in [6, 6.07) is 6.55. The molecule has 92 valence electrons. The summed E-state index contributed by atoms with van der Waals surface area (Å²) >= 11 is 1.71. The van der Waals surface area contributed by atoms with E-state index in [1.165, 1.54) is 6.07 Å². The molecule has 17 heavy (non-hydrogen) atoms. The number of carbonyl (C=O) groups is 1. The van der Waals surface area contributed by atoms with Crippen molar-refractivity contribution < 1.29 is 9.18 Å². The average Bonchev–Trinajstić information content (AvgIpc) is 2.85. The first-order chi connectivity index (χ1) is 8.27. The summed E-state index contributed by atoms with van der Waals surface area (Å²) in [5.41, 5.74) is 0.640. The maximum atomic E-state index is 13.3. The highest BCUT2D eigenvalue weighted by atomic mass is 32.2. The van der Waals surface area contributed by atoms with Crippen molar-refractivity contribution in [1.29, 1.82) is 0 Å². The van der Waals surface area contributed by atoms with Gasteiger partial charge < -0.3 is 5.32 Å². The zero-order chi connectivity index (χ0) is 12.1. The highest BCUT2D eigenvalue weighted by molar-refractivity contribution is 7.99. The van der Waals surface area contributed by atoms with Gasteiger partial charge in [-0.2, -0.15) is 0 Å². The van der Waals surface area contributed by atoms with Crippen molar-refractivity contribution in [3.63, 3.8) is 0 Å². The molecule has 0 aromatic heterocycles. The van der Waals surface area contributed by atoms with Crippen LogP contribution in [0.1, 0.15) is 5.56 Å². The number of hydrogen-bond donors (Lipinski definition) is 2. The van der Waals surface area contributed by atoms with Crippen molar-refractivity contribution in [3.8, 4) is 0 Å². The molecule has 0 radical (unpaired) electrons. The zero-order valence-corrected chi connectivity index (χ0v) is 10.2. The fourth-order valence-corrected chi connectivity index (χ4v) is 2.65. The van der Waals surface area contributed by atoms with E-state index in [-0.39, 0.29) is 17.8 Å². The van der Waals surface area contributed by atoms with Crippen LogP contribution in [0.2, 0.25) is 0 Å². The third-order valence-corrected chi connectivity index (χ3v) is 3.62. The lowest BCUT2D eigenvalue weighted by molar-refractivity contribution is -0.122. The van der Waals surface area contributed by atoms with E-state index >= 15 is 0 Å². The van der Waals surface area contributed by atoms with Crippen LogP contribution in [0.15, 0.2) is 24.3 Å². The molecular formula is C12H15FN2OS. The maximum absolute atomic E-state index is 13.3. The number of amides is 1. The summed E-state index contributed by atoms with van der Waals surface area (Å²) in [7, 11) is 0. The predicted molar refractivity (Wildman–Crippen MR) is 67.4 cm³/mol. The van der Waals surface area contributed by atoms with Gasteiger partial charge in [-0.15, -0.1) is 11.8 Å². The molecule has 2 N–H and O–H groups in total. The van der Waals surface area contributed by atoms with Gasteiger partial charge in [0.1, 0.15) is 5.82 Å². The van der Waals surface area contributed by atoms with Gasteiger partial charge in [0.2, 0.25) is 5.91 Å². The molecule has 0 bridgehead atoms. The zero-order valence-electron chi connectivity index (χ0n) is 9.41. The minimum Gasteiger partial charge on any atom is -0.354 e. The van der Waals surface area contributed by atoms with Crippen LogP contribution in [0.3, 0.4) is 0 Å². The van der Waals surface area contributed by atoms with Crippen LogP contribution in [-0.2, 0) is 11.2 Å². The minimum absolute atomic E-state index is 0.00587. The standard InChI is InChI=1S/C12H15FN2OS/c13-10-4-2-1-3-9(10)5-6-14-12(16)11-7-17-8-15-11/h1-4,11,15H,5-8H2,(H,14,16). The second-order valence-corrected chi connectivity index (χ2v) is 4.93. The maximum Gasteiger partial charge on any atom is 0.238 e. The molecule has 1 aromatic carbocycles. The number of rotatable bonds is 4. The number of hydrogen-bond acceptors (Lipinski definition) is 3. The molecule has 1 fully saturated rings. The normalized spacial score (nSPS) is 19.2. The predicted octanol–water partition coefficient (Wildman–Crippen LogP) is 1.15. The molecule has 1 unspecified atom stereocenters. The summed E-state index contributed by atoms with van der Waals surface area (Å²) in [5, 5.41) is 5.91. The van der Waals surface area contributed by atoms with Crippen molar-refractivity contribution in [1.82, 2.24) is 10.6 Å². The molecule has 1 amide bonds. The Morgan fingerprint density at radius 1 is 1.53 bits per heavy atom. The summed E-state index contributed by atoms with van der Waals surface area (Å²) in [6.45, 7) is 0.475. The van der Waals surface area contributed by atoms with Crippen LogP contribution in [0, 0.1) is 5.82 Å². The Bertz CT molecular complexity index is 394. The van der Waals surface area contributed by atoms with Gasteiger partial charge in [-0.25, -0.2) is 4.39 Å². The molecule has 2 rings (SSSR count). The molecule has 1 aliphatic rings. The van der Waals surface area contributed by atoms with Crippen molar-refractivity contribution in [2.75, 3.05) is 18.2 Å². The quantitative estimate of drug-likeness (QED) is 0.847. The van der Waals surface area contributed by atoms with Crippen LogP contribution >= 0.6 is 11.8 Å². The summed E-state index contributed by atoms with van der Waals surface area (Å²) in [6.07, 6.45) is 0.526. The first-order valence-electron chi connectivity index (χ1n) is 5.59. The first-order valence-corrected chi connectivity index (χ1v) is 6.75. The van der Waals surface area contributed by atoms with Gasteiger partial charge >= 0.3 is 0 Å². The van der Waals surface area contributed by atoms with E-state index in [9.17, 15) is 9.18 Å². The largest absolute Gasteiger partial charge is 0.354 e. The van der Waals surface area contributed by atoms with Crippen LogP contribution in [0.25, 0.3) is 0 Å².